The molecule has 0 saturated heterocycles. The Labute approximate surface area is 117 Å². The van der Waals surface area contributed by atoms with Gasteiger partial charge in [0.1, 0.15) is 0 Å². The van der Waals surface area contributed by atoms with Crippen molar-refractivity contribution in [2.75, 3.05) is 13.2 Å². The van der Waals surface area contributed by atoms with Crippen molar-refractivity contribution in [3.8, 4) is 0 Å². The van der Waals surface area contributed by atoms with Crippen LogP contribution in [0, 0.1) is 0 Å². The zero-order valence-corrected chi connectivity index (χ0v) is 11.4. The van der Waals surface area contributed by atoms with Crippen molar-refractivity contribution in [3.05, 3.63) is 30.0 Å². The van der Waals surface area contributed by atoms with Gasteiger partial charge in [-0.15, -0.1) is 0 Å². The largest absolute Gasteiger partial charge is 0.396 e. The van der Waals surface area contributed by atoms with Crippen LogP contribution in [-0.4, -0.2) is 45.3 Å². The number of unbranched alkanes of at least 4 members (excludes halogenated alkanes) is 1. The summed E-state index contributed by atoms with van der Waals surface area (Å²) in [6.07, 6.45) is 5.53. The summed E-state index contributed by atoms with van der Waals surface area (Å²) < 4.78 is 0. The maximum atomic E-state index is 12.6. The summed E-state index contributed by atoms with van der Waals surface area (Å²) in [6, 6.07) is 6.03. The molecular formula is C15H19N3O2. The number of carbonyl (C=O) groups excluding carboxylic acids is 1. The molecule has 0 atom stereocenters. The highest BCUT2D eigenvalue weighted by atomic mass is 16.3. The maximum absolute atomic E-state index is 12.6. The monoisotopic (exact) mass is 273 g/mol. The first-order valence-corrected chi connectivity index (χ1v) is 7.14. The van der Waals surface area contributed by atoms with Crippen molar-refractivity contribution < 1.29 is 9.90 Å². The number of aromatic nitrogens is 2. The van der Waals surface area contributed by atoms with Crippen LogP contribution < -0.4 is 0 Å². The summed E-state index contributed by atoms with van der Waals surface area (Å²) in [5.41, 5.74) is 1.66. The number of carbonyl (C=O) groups is 1. The van der Waals surface area contributed by atoms with Crippen LogP contribution in [0.15, 0.2) is 24.4 Å². The Kier molecular flexibility index (Phi) is 3.69. The molecule has 0 unspecified atom stereocenters. The molecule has 5 heteroatoms. The Morgan fingerprint density at radius 3 is 3.00 bits per heavy atom. The van der Waals surface area contributed by atoms with Crippen LogP contribution in [0.1, 0.15) is 36.0 Å². The molecule has 1 fully saturated rings. The number of nitrogens with zero attached hydrogens (tertiary/aromatic N) is 2. The van der Waals surface area contributed by atoms with E-state index in [1.165, 1.54) is 0 Å². The fraction of sp³-hybridized carbons (Fsp3) is 0.467. The molecule has 1 aliphatic carbocycles. The molecule has 106 valence electrons. The highest BCUT2D eigenvalue weighted by Crippen LogP contribution is 2.29. The number of nitrogens with one attached hydrogen (secondary N) is 1. The first-order chi connectivity index (χ1) is 9.79. The Hall–Kier alpha value is -1.88. The summed E-state index contributed by atoms with van der Waals surface area (Å²) in [4.78, 5) is 14.6. The van der Waals surface area contributed by atoms with Gasteiger partial charge in [-0.05, 0) is 43.9 Å². The van der Waals surface area contributed by atoms with E-state index >= 15 is 0 Å². The van der Waals surface area contributed by atoms with Crippen LogP contribution in [-0.2, 0) is 0 Å². The number of aliphatic hydroxyl groups is 1. The van der Waals surface area contributed by atoms with E-state index in [-0.39, 0.29) is 12.5 Å². The number of aromatic amines is 1. The van der Waals surface area contributed by atoms with E-state index in [1.807, 2.05) is 23.1 Å². The van der Waals surface area contributed by atoms with Crippen LogP contribution in [0.3, 0.4) is 0 Å². The van der Waals surface area contributed by atoms with E-state index in [2.05, 4.69) is 10.2 Å². The predicted octanol–water partition coefficient (Wildman–Crippen LogP) is 1.94. The van der Waals surface area contributed by atoms with Gasteiger partial charge in [0.15, 0.2) is 0 Å². The van der Waals surface area contributed by atoms with Gasteiger partial charge >= 0.3 is 0 Å². The molecule has 0 radical (unpaired) electrons. The first-order valence-electron chi connectivity index (χ1n) is 7.14. The van der Waals surface area contributed by atoms with Crippen molar-refractivity contribution in [2.24, 2.45) is 0 Å². The molecule has 5 nitrogen and oxygen atoms in total. The van der Waals surface area contributed by atoms with Gasteiger partial charge in [-0.25, -0.2) is 0 Å². The molecule has 1 amide bonds. The lowest BCUT2D eigenvalue weighted by atomic mass is 10.1. The average Bonchev–Trinajstić information content (AvgIpc) is 3.19. The Morgan fingerprint density at radius 1 is 1.40 bits per heavy atom. The molecule has 2 N–H and O–H groups in total. The van der Waals surface area contributed by atoms with Gasteiger partial charge in [0.2, 0.25) is 0 Å². The van der Waals surface area contributed by atoms with Crippen molar-refractivity contribution in [1.29, 1.82) is 0 Å². The summed E-state index contributed by atoms with van der Waals surface area (Å²) in [6.45, 7) is 0.918. The first kappa shape index (κ1) is 13.1. The summed E-state index contributed by atoms with van der Waals surface area (Å²) in [7, 11) is 0. The minimum atomic E-state index is 0.0912. The van der Waals surface area contributed by atoms with Crippen molar-refractivity contribution >= 4 is 16.8 Å². The third-order valence-electron chi connectivity index (χ3n) is 3.74. The van der Waals surface area contributed by atoms with E-state index in [9.17, 15) is 4.79 Å². The molecule has 1 saturated carbocycles. The van der Waals surface area contributed by atoms with Gasteiger partial charge in [-0.3, -0.25) is 9.89 Å². The summed E-state index contributed by atoms with van der Waals surface area (Å²) in [5, 5.41) is 16.7. The van der Waals surface area contributed by atoms with Crippen molar-refractivity contribution in [3.63, 3.8) is 0 Å². The number of aliphatic hydroxyl groups excluding tert-OH is 1. The van der Waals surface area contributed by atoms with Crippen molar-refractivity contribution in [2.45, 2.75) is 31.7 Å². The minimum absolute atomic E-state index is 0.0912. The predicted molar refractivity (Wildman–Crippen MR) is 76.5 cm³/mol. The van der Waals surface area contributed by atoms with E-state index in [0.717, 1.165) is 48.7 Å². The van der Waals surface area contributed by atoms with E-state index < -0.39 is 0 Å². The Balaban J connectivity index is 1.77. The van der Waals surface area contributed by atoms with Gasteiger partial charge in [0, 0.05) is 30.1 Å². The average molecular weight is 273 g/mol. The van der Waals surface area contributed by atoms with E-state index in [4.69, 9.17) is 5.11 Å². The number of benzene rings is 1. The van der Waals surface area contributed by atoms with Crippen LogP contribution in [0.5, 0.6) is 0 Å². The SMILES string of the molecule is O=C(c1ccc2[nH]ncc2c1)N(CCCCO)C1CC1. The Morgan fingerprint density at radius 2 is 2.25 bits per heavy atom. The number of hydrogen-bond donors (Lipinski definition) is 2. The molecule has 2 aromatic rings. The summed E-state index contributed by atoms with van der Waals surface area (Å²) in [5.74, 6) is 0.0912. The Bertz CT molecular complexity index is 604. The third kappa shape index (κ3) is 2.67. The fourth-order valence-electron chi connectivity index (χ4n) is 2.47. The number of fused-ring (bicyclic) bond motifs is 1. The number of rotatable bonds is 6. The third-order valence-corrected chi connectivity index (χ3v) is 3.74. The normalized spacial score (nSPS) is 14.7. The highest BCUT2D eigenvalue weighted by Gasteiger charge is 2.32. The molecule has 1 aromatic carbocycles. The van der Waals surface area contributed by atoms with E-state index in [0.29, 0.717) is 6.04 Å². The van der Waals surface area contributed by atoms with Gasteiger partial charge in [-0.2, -0.15) is 5.10 Å². The summed E-state index contributed by atoms with van der Waals surface area (Å²) >= 11 is 0. The lowest BCUT2D eigenvalue weighted by Gasteiger charge is -2.22. The molecule has 0 aliphatic heterocycles. The molecule has 1 aromatic heterocycles. The fourth-order valence-corrected chi connectivity index (χ4v) is 2.47. The second-order valence-corrected chi connectivity index (χ2v) is 5.33. The molecule has 3 rings (SSSR count). The second kappa shape index (κ2) is 5.63. The quantitative estimate of drug-likeness (QED) is 0.790. The zero-order valence-electron chi connectivity index (χ0n) is 11.4. The minimum Gasteiger partial charge on any atom is -0.396 e. The number of hydrogen-bond acceptors (Lipinski definition) is 3. The molecule has 20 heavy (non-hydrogen) atoms. The van der Waals surface area contributed by atoms with Crippen molar-refractivity contribution in [1.82, 2.24) is 15.1 Å². The van der Waals surface area contributed by atoms with Crippen LogP contribution in [0.4, 0.5) is 0 Å². The molecule has 0 spiro atoms. The van der Waals surface area contributed by atoms with Gasteiger partial charge in [0.05, 0.1) is 11.7 Å². The van der Waals surface area contributed by atoms with Gasteiger partial charge in [-0.1, -0.05) is 0 Å². The lowest BCUT2D eigenvalue weighted by Crippen LogP contribution is -2.34. The molecule has 0 bridgehead atoms. The number of H-pyrrole nitrogens is 1. The van der Waals surface area contributed by atoms with E-state index in [1.54, 1.807) is 6.20 Å². The standard InChI is InChI=1S/C15H19N3O2/c19-8-2-1-7-18(13-4-5-13)15(20)11-3-6-14-12(9-11)10-16-17-14/h3,6,9-10,13,19H,1-2,4-5,7-8H2,(H,16,17). The van der Waals surface area contributed by atoms with Crippen LogP contribution in [0.2, 0.25) is 0 Å². The second-order valence-electron chi connectivity index (χ2n) is 5.33. The highest BCUT2D eigenvalue weighted by molar-refractivity contribution is 5.98. The smallest absolute Gasteiger partial charge is 0.254 e. The number of amides is 1. The van der Waals surface area contributed by atoms with Crippen LogP contribution in [0.25, 0.3) is 10.9 Å². The van der Waals surface area contributed by atoms with Crippen LogP contribution >= 0.6 is 0 Å². The molecule has 1 heterocycles. The van der Waals surface area contributed by atoms with Gasteiger partial charge in [0.25, 0.3) is 5.91 Å². The van der Waals surface area contributed by atoms with Gasteiger partial charge < -0.3 is 10.0 Å². The lowest BCUT2D eigenvalue weighted by molar-refractivity contribution is 0.0737. The maximum Gasteiger partial charge on any atom is 0.254 e. The molecule has 1 aliphatic rings. The molecular weight excluding hydrogens is 254 g/mol. The topological polar surface area (TPSA) is 69.2 Å². The zero-order chi connectivity index (χ0) is 13.9.